The summed E-state index contributed by atoms with van der Waals surface area (Å²) >= 11 is 0. The molecule has 0 saturated heterocycles. The van der Waals surface area contributed by atoms with Gasteiger partial charge < -0.3 is 0 Å². The maximum Gasteiger partial charge on any atom is -0.0412 e. The molecule has 1 aliphatic rings. The van der Waals surface area contributed by atoms with E-state index in [0.717, 1.165) is 11.8 Å². The zero-order valence-electron chi connectivity index (χ0n) is 16.9. The van der Waals surface area contributed by atoms with Gasteiger partial charge in [0, 0.05) is 0 Å². The highest BCUT2D eigenvalue weighted by atomic mass is 14.2. The van der Waals surface area contributed by atoms with E-state index in [1.165, 1.54) is 64.2 Å². The van der Waals surface area contributed by atoms with Crippen molar-refractivity contribution in [3.05, 3.63) is 0 Å². The average molecular weight is 301 g/mol. The topological polar surface area (TPSA) is 0 Å². The second-order valence-corrected chi connectivity index (χ2v) is 5.54. The Kier molecular flexibility index (Phi) is 30.8. The SMILES string of the molecule is CC.CC.CC.CCCCC(CCC)CC1CCCCC1. The Morgan fingerprint density at radius 3 is 1.67 bits per heavy atom. The molecule has 0 aromatic carbocycles. The van der Waals surface area contributed by atoms with Crippen molar-refractivity contribution >= 4 is 0 Å². The molecule has 1 atom stereocenters. The second-order valence-electron chi connectivity index (χ2n) is 5.54. The van der Waals surface area contributed by atoms with Gasteiger partial charge in [-0.05, 0) is 18.3 Å². The summed E-state index contributed by atoms with van der Waals surface area (Å²) in [6.45, 7) is 16.7. The van der Waals surface area contributed by atoms with Crippen LogP contribution in [-0.2, 0) is 0 Å². The van der Waals surface area contributed by atoms with Gasteiger partial charge in [-0.3, -0.25) is 0 Å². The van der Waals surface area contributed by atoms with Crippen molar-refractivity contribution < 1.29 is 0 Å². The van der Waals surface area contributed by atoms with Crippen LogP contribution in [0, 0.1) is 11.8 Å². The fourth-order valence-electron chi connectivity index (χ4n) is 3.18. The summed E-state index contributed by atoms with van der Waals surface area (Å²) in [7, 11) is 0. The molecule has 0 N–H and O–H groups in total. The zero-order chi connectivity index (χ0) is 16.9. The summed E-state index contributed by atoms with van der Waals surface area (Å²) < 4.78 is 0. The number of hydrogen-bond acceptors (Lipinski definition) is 0. The summed E-state index contributed by atoms with van der Waals surface area (Å²) in [5.74, 6) is 2.14. The molecule has 0 aromatic heterocycles. The van der Waals surface area contributed by atoms with Crippen molar-refractivity contribution in [2.45, 2.75) is 126 Å². The molecule has 0 amide bonds. The van der Waals surface area contributed by atoms with E-state index in [2.05, 4.69) is 13.8 Å². The van der Waals surface area contributed by atoms with E-state index in [1.807, 2.05) is 41.5 Å². The van der Waals surface area contributed by atoms with Gasteiger partial charge in [-0.1, -0.05) is 120 Å². The molecule has 1 aliphatic carbocycles. The van der Waals surface area contributed by atoms with Gasteiger partial charge in [0.25, 0.3) is 0 Å². The van der Waals surface area contributed by atoms with E-state index in [-0.39, 0.29) is 0 Å². The van der Waals surface area contributed by atoms with Gasteiger partial charge in [0.05, 0.1) is 0 Å². The normalized spacial score (nSPS) is 15.4. The highest BCUT2D eigenvalue weighted by Gasteiger charge is 2.18. The van der Waals surface area contributed by atoms with Crippen molar-refractivity contribution in [1.29, 1.82) is 0 Å². The van der Waals surface area contributed by atoms with Crippen molar-refractivity contribution in [3.63, 3.8) is 0 Å². The number of rotatable bonds is 7. The summed E-state index contributed by atoms with van der Waals surface area (Å²) in [5, 5.41) is 0. The molecule has 0 heteroatoms. The lowest BCUT2D eigenvalue weighted by molar-refractivity contribution is 0.266. The molecule has 0 aromatic rings. The van der Waals surface area contributed by atoms with Crippen LogP contribution in [0.3, 0.4) is 0 Å². The van der Waals surface area contributed by atoms with Crippen molar-refractivity contribution in [1.82, 2.24) is 0 Å². The Labute approximate surface area is 138 Å². The van der Waals surface area contributed by atoms with Gasteiger partial charge in [0.1, 0.15) is 0 Å². The molecule has 0 aliphatic heterocycles. The quantitative estimate of drug-likeness (QED) is 0.441. The van der Waals surface area contributed by atoms with Crippen LogP contribution in [0.1, 0.15) is 126 Å². The summed E-state index contributed by atoms with van der Waals surface area (Å²) in [4.78, 5) is 0. The van der Waals surface area contributed by atoms with E-state index >= 15 is 0 Å². The van der Waals surface area contributed by atoms with Gasteiger partial charge in [0.15, 0.2) is 0 Å². The molecule has 0 radical (unpaired) electrons. The molecule has 1 saturated carbocycles. The van der Waals surface area contributed by atoms with Crippen LogP contribution >= 0.6 is 0 Å². The maximum absolute atomic E-state index is 2.35. The van der Waals surface area contributed by atoms with Crippen molar-refractivity contribution in [2.75, 3.05) is 0 Å². The molecule has 21 heavy (non-hydrogen) atoms. The van der Waals surface area contributed by atoms with Crippen LogP contribution in [-0.4, -0.2) is 0 Å². The van der Waals surface area contributed by atoms with Gasteiger partial charge in [0.2, 0.25) is 0 Å². The van der Waals surface area contributed by atoms with E-state index in [1.54, 1.807) is 6.42 Å². The Hall–Kier alpha value is 0. The van der Waals surface area contributed by atoms with Crippen LogP contribution in [0.2, 0.25) is 0 Å². The van der Waals surface area contributed by atoms with Crippen LogP contribution in [0.5, 0.6) is 0 Å². The first-order valence-electron chi connectivity index (χ1n) is 10.4. The first-order chi connectivity index (χ1) is 10.4. The minimum absolute atomic E-state index is 1.05. The molecule has 0 nitrogen and oxygen atoms in total. The average Bonchev–Trinajstić information content (AvgIpc) is 2.59. The third-order valence-corrected chi connectivity index (χ3v) is 4.05. The van der Waals surface area contributed by atoms with Gasteiger partial charge in [-0.25, -0.2) is 0 Å². The van der Waals surface area contributed by atoms with Crippen LogP contribution in [0.4, 0.5) is 0 Å². The zero-order valence-corrected chi connectivity index (χ0v) is 16.9. The Morgan fingerprint density at radius 2 is 1.24 bits per heavy atom. The molecule has 0 heterocycles. The number of unbranched alkanes of at least 4 members (excludes halogenated alkanes) is 1. The molecule has 1 unspecified atom stereocenters. The molecular formula is C21H48. The largest absolute Gasteiger partial charge is 0.0683 e. The van der Waals surface area contributed by atoms with Crippen molar-refractivity contribution in [3.8, 4) is 0 Å². The second kappa shape index (κ2) is 25.0. The van der Waals surface area contributed by atoms with E-state index in [4.69, 9.17) is 0 Å². The minimum Gasteiger partial charge on any atom is -0.0683 e. The maximum atomic E-state index is 2.35. The lowest BCUT2D eigenvalue weighted by Crippen LogP contribution is -2.12. The third-order valence-electron chi connectivity index (χ3n) is 4.05. The summed E-state index contributed by atoms with van der Waals surface area (Å²) in [6.07, 6.45) is 16.4. The highest BCUT2D eigenvalue weighted by molar-refractivity contribution is 4.70. The van der Waals surface area contributed by atoms with E-state index in [0.29, 0.717) is 0 Å². The minimum atomic E-state index is 1.05. The monoisotopic (exact) mass is 300 g/mol. The molecule has 0 spiro atoms. The third kappa shape index (κ3) is 18.0. The van der Waals surface area contributed by atoms with Crippen molar-refractivity contribution in [2.24, 2.45) is 11.8 Å². The smallest absolute Gasteiger partial charge is 0.0412 e. The highest BCUT2D eigenvalue weighted by Crippen LogP contribution is 2.32. The fourth-order valence-corrected chi connectivity index (χ4v) is 3.18. The predicted octanol–water partition coefficient (Wildman–Crippen LogP) is 8.64. The summed E-state index contributed by atoms with van der Waals surface area (Å²) in [5.41, 5.74) is 0. The first kappa shape index (κ1) is 25.9. The van der Waals surface area contributed by atoms with Crippen LogP contribution in [0.15, 0.2) is 0 Å². The Morgan fingerprint density at radius 1 is 0.714 bits per heavy atom. The lowest BCUT2D eigenvalue weighted by atomic mass is 9.80. The predicted molar refractivity (Wildman–Crippen MR) is 103 cm³/mol. The lowest BCUT2D eigenvalue weighted by Gasteiger charge is -2.26. The van der Waals surface area contributed by atoms with E-state index in [9.17, 15) is 0 Å². The van der Waals surface area contributed by atoms with E-state index < -0.39 is 0 Å². The van der Waals surface area contributed by atoms with Crippen LogP contribution in [0.25, 0.3) is 0 Å². The fraction of sp³-hybridized carbons (Fsp3) is 1.00. The first-order valence-corrected chi connectivity index (χ1v) is 10.4. The van der Waals surface area contributed by atoms with Gasteiger partial charge in [-0.2, -0.15) is 0 Å². The molecular weight excluding hydrogens is 252 g/mol. The van der Waals surface area contributed by atoms with Crippen LogP contribution < -0.4 is 0 Å². The molecule has 132 valence electrons. The Bertz CT molecular complexity index is 133. The van der Waals surface area contributed by atoms with Gasteiger partial charge >= 0.3 is 0 Å². The molecule has 1 rings (SSSR count). The number of hydrogen-bond donors (Lipinski definition) is 0. The molecule has 1 fully saturated rings. The summed E-state index contributed by atoms with van der Waals surface area (Å²) in [6, 6.07) is 0. The van der Waals surface area contributed by atoms with Gasteiger partial charge in [-0.15, -0.1) is 0 Å². The molecule has 0 bridgehead atoms. The Balaban J connectivity index is -0.000000478. The standard InChI is InChI=1S/C15H30.3C2H6/c1-3-5-10-14(9-4-2)13-15-11-7-6-8-12-15;3*1-2/h14-15H,3-13H2,1-2H3;3*1-2H3.